The summed E-state index contributed by atoms with van der Waals surface area (Å²) in [5, 5.41) is 0. The van der Waals surface area contributed by atoms with E-state index in [-0.39, 0.29) is 25.9 Å². The zero-order chi connectivity index (χ0) is 30.4. The van der Waals surface area contributed by atoms with Crippen LogP contribution in [0.1, 0.15) is 44.2 Å². The summed E-state index contributed by atoms with van der Waals surface area (Å²) in [5.74, 6) is -3.88. The van der Waals surface area contributed by atoms with Gasteiger partial charge in [-0.05, 0) is 62.3 Å². The number of piperidine rings is 2. The van der Waals surface area contributed by atoms with E-state index in [4.69, 9.17) is 0 Å². The van der Waals surface area contributed by atoms with E-state index in [9.17, 15) is 22.0 Å². The average molecular weight is 616 g/mol. The number of rotatable bonds is 8. The highest BCUT2D eigenvalue weighted by atomic mass is 32.2. The molecule has 4 heterocycles. The summed E-state index contributed by atoms with van der Waals surface area (Å²) in [6.07, 6.45) is 7.73. The lowest BCUT2D eigenvalue weighted by Crippen LogP contribution is -2.40. The van der Waals surface area contributed by atoms with E-state index in [0.717, 1.165) is 44.4 Å². The first-order chi connectivity index (χ1) is 20.4. The number of benzene rings is 1. The van der Waals surface area contributed by atoms with Crippen LogP contribution in [0.25, 0.3) is 17.1 Å². The lowest BCUT2D eigenvalue weighted by Gasteiger charge is -2.35. The van der Waals surface area contributed by atoms with Crippen molar-refractivity contribution in [3.05, 3.63) is 42.5 Å². The maximum absolute atomic E-state index is 13.7. The molecular formula is C29H35F2N7O4S. The Kier molecular flexibility index (Phi) is 7.51. The van der Waals surface area contributed by atoms with Crippen LogP contribution in [0.2, 0.25) is 0 Å². The van der Waals surface area contributed by atoms with E-state index in [2.05, 4.69) is 29.3 Å². The van der Waals surface area contributed by atoms with Crippen molar-refractivity contribution in [2.24, 2.45) is 5.41 Å². The summed E-state index contributed by atoms with van der Waals surface area (Å²) in [4.78, 5) is 29.4. The van der Waals surface area contributed by atoms with Gasteiger partial charge in [-0.2, -0.15) is 0 Å². The maximum atomic E-state index is 13.7. The molecule has 0 atom stereocenters. The van der Waals surface area contributed by atoms with Crippen molar-refractivity contribution in [3.8, 4) is 17.1 Å². The van der Waals surface area contributed by atoms with Crippen molar-refractivity contribution in [2.75, 3.05) is 53.6 Å². The van der Waals surface area contributed by atoms with Gasteiger partial charge in [0.1, 0.15) is 12.0 Å². The highest BCUT2D eigenvalue weighted by Crippen LogP contribution is 2.54. The minimum atomic E-state index is -3.96. The second kappa shape index (κ2) is 11.0. The van der Waals surface area contributed by atoms with Crippen LogP contribution in [0.15, 0.2) is 36.8 Å². The number of alkyl halides is 2. The SMILES string of the molecule is COC(=O)CS(=O)(=O)Nc1ccc(-n2cnc(-c3cc(C)nc(N4CCC(F)(F)CC4)n3)c2)c(N2CCC3(CC2)CC3)c1. The summed E-state index contributed by atoms with van der Waals surface area (Å²) in [7, 11) is -2.81. The van der Waals surface area contributed by atoms with Crippen LogP contribution in [-0.4, -0.2) is 78.9 Å². The molecule has 1 N–H and O–H groups in total. The van der Waals surface area contributed by atoms with Gasteiger partial charge in [0.15, 0.2) is 5.75 Å². The second-order valence-electron chi connectivity index (χ2n) is 11.8. The molecule has 0 radical (unpaired) electrons. The van der Waals surface area contributed by atoms with Crippen LogP contribution < -0.4 is 14.5 Å². The van der Waals surface area contributed by atoms with Gasteiger partial charge in [0.2, 0.25) is 16.0 Å². The first kappa shape index (κ1) is 29.3. The van der Waals surface area contributed by atoms with E-state index < -0.39 is 27.7 Å². The number of anilines is 3. The minimum Gasteiger partial charge on any atom is -0.468 e. The molecule has 43 heavy (non-hydrogen) atoms. The Morgan fingerprint density at radius 3 is 2.33 bits per heavy atom. The number of hydrogen-bond donors (Lipinski definition) is 1. The van der Waals surface area contributed by atoms with Crippen molar-refractivity contribution in [1.82, 2.24) is 19.5 Å². The Bertz CT molecular complexity index is 1620. The summed E-state index contributed by atoms with van der Waals surface area (Å²) >= 11 is 0. The van der Waals surface area contributed by atoms with Crippen LogP contribution in [0, 0.1) is 12.3 Å². The monoisotopic (exact) mass is 615 g/mol. The molecule has 6 rings (SSSR count). The van der Waals surface area contributed by atoms with Crippen LogP contribution in [-0.2, 0) is 19.6 Å². The molecule has 1 spiro atoms. The number of carbonyl (C=O) groups excluding carboxylic acids is 1. The van der Waals surface area contributed by atoms with Crippen LogP contribution in [0.4, 0.5) is 26.1 Å². The topological polar surface area (TPSA) is 123 Å². The predicted molar refractivity (Wildman–Crippen MR) is 158 cm³/mol. The fraction of sp³-hybridized carbons (Fsp3) is 0.517. The molecule has 3 aliphatic rings. The molecule has 230 valence electrons. The number of esters is 1. The molecule has 11 nitrogen and oxygen atoms in total. The number of ether oxygens (including phenoxy) is 1. The lowest BCUT2D eigenvalue weighted by atomic mass is 9.93. The average Bonchev–Trinajstić information content (AvgIpc) is 3.52. The molecule has 0 unspecified atom stereocenters. The largest absolute Gasteiger partial charge is 0.468 e. The first-order valence-electron chi connectivity index (χ1n) is 14.4. The van der Waals surface area contributed by atoms with Gasteiger partial charge < -0.3 is 19.1 Å². The fourth-order valence-corrected chi connectivity index (χ4v) is 6.82. The number of carbonyl (C=O) groups is 1. The highest BCUT2D eigenvalue weighted by molar-refractivity contribution is 7.93. The summed E-state index contributed by atoms with van der Waals surface area (Å²) in [6.45, 7) is 3.89. The number of hydrogen-bond acceptors (Lipinski definition) is 9. The van der Waals surface area contributed by atoms with E-state index in [1.54, 1.807) is 23.4 Å². The van der Waals surface area contributed by atoms with Gasteiger partial charge in [0.05, 0.1) is 29.9 Å². The van der Waals surface area contributed by atoms with Crippen molar-refractivity contribution in [2.45, 2.75) is 51.4 Å². The predicted octanol–water partition coefficient (Wildman–Crippen LogP) is 4.17. The molecule has 3 fully saturated rings. The Morgan fingerprint density at radius 2 is 1.65 bits per heavy atom. The maximum Gasteiger partial charge on any atom is 0.322 e. The number of nitrogens with zero attached hydrogens (tertiary/aromatic N) is 6. The molecule has 2 aliphatic heterocycles. The van der Waals surface area contributed by atoms with Crippen LogP contribution >= 0.6 is 0 Å². The number of methoxy groups -OCH3 is 1. The van der Waals surface area contributed by atoms with Crippen molar-refractivity contribution in [1.29, 1.82) is 0 Å². The van der Waals surface area contributed by atoms with Gasteiger partial charge in [-0.1, -0.05) is 0 Å². The number of sulfonamides is 1. The van der Waals surface area contributed by atoms with E-state index in [1.165, 1.54) is 12.8 Å². The summed E-state index contributed by atoms with van der Waals surface area (Å²) < 4.78 is 61.5. The molecule has 1 aromatic carbocycles. The highest BCUT2D eigenvalue weighted by Gasteiger charge is 2.44. The number of nitrogens with one attached hydrogen (secondary N) is 1. The van der Waals surface area contributed by atoms with E-state index in [0.29, 0.717) is 34.1 Å². The quantitative estimate of drug-likeness (QED) is 0.372. The van der Waals surface area contributed by atoms with Crippen molar-refractivity contribution in [3.63, 3.8) is 0 Å². The molecule has 1 aliphatic carbocycles. The van der Waals surface area contributed by atoms with Gasteiger partial charge >= 0.3 is 5.97 Å². The molecular weight excluding hydrogens is 580 g/mol. The Labute approximate surface area is 249 Å². The summed E-state index contributed by atoms with van der Waals surface area (Å²) in [6, 6.07) is 7.07. The molecule has 3 aromatic rings. The van der Waals surface area contributed by atoms with Crippen molar-refractivity contribution < 1.29 is 26.7 Å². The first-order valence-corrected chi connectivity index (χ1v) is 16.1. The number of aryl methyl sites for hydroxylation is 1. The van der Waals surface area contributed by atoms with Crippen LogP contribution in [0.3, 0.4) is 0 Å². The summed E-state index contributed by atoms with van der Waals surface area (Å²) in [5.41, 5.74) is 4.33. The minimum absolute atomic E-state index is 0.181. The number of halogens is 2. The number of aromatic nitrogens is 4. The Hall–Kier alpha value is -3.81. The molecule has 0 amide bonds. The van der Waals surface area contributed by atoms with E-state index >= 15 is 0 Å². The number of imidazole rings is 1. The van der Waals surface area contributed by atoms with Gasteiger partial charge in [0.25, 0.3) is 5.92 Å². The van der Waals surface area contributed by atoms with Gasteiger partial charge in [-0.25, -0.2) is 32.2 Å². The molecule has 14 heteroatoms. The standard InChI is InChI=1S/C29H35F2N7O4S/c1-20-15-22(34-27(33-20)37-13-9-29(30,31)10-14-37)23-17-38(19-32-23)24-4-3-21(35-43(40,41)18-26(39)42-2)16-25(24)36-11-7-28(5-6-28)8-12-36/h3-4,15-17,19,35H,5-14,18H2,1-2H3. The van der Waals surface area contributed by atoms with Gasteiger partial charge in [-0.3, -0.25) is 9.52 Å². The third-order valence-electron chi connectivity index (χ3n) is 8.65. The smallest absolute Gasteiger partial charge is 0.322 e. The Balaban J connectivity index is 1.29. The third kappa shape index (κ3) is 6.58. The zero-order valence-electron chi connectivity index (χ0n) is 24.2. The van der Waals surface area contributed by atoms with Crippen molar-refractivity contribution >= 4 is 33.3 Å². The molecule has 2 saturated heterocycles. The normalized spacial score (nSPS) is 19.3. The Morgan fingerprint density at radius 1 is 0.953 bits per heavy atom. The van der Waals surface area contributed by atoms with E-state index in [1.807, 2.05) is 29.8 Å². The second-order valence-corrected chi connectivity index (χ2v) is 13.6. The molecule has 1 saturated carbocycles. The zero-order valence-corrected chi connectivity index (χ0v) is 25.0. The van der Waals surface area contributed by atoms with Gasteiger partial charge in [-0.15, -0.1) is 0 Å². The van der Waals surface area contributed by atoms with Gasteiger partial charge in [0, 0.05) is 50.9 Å². The molecule has 2 aromatic heterocycles. The lowest BCUT2D eigenvalue weighted by molar-refractivity contribution is -0.137. The molecule has 0 bridgehead atoms. The third-order valence-corrected chi connectivity index (χ3v) is 9.81. The van der Waals surface area contributed by atoms with Crippen LogP contribution in [0.5, 0.6) is 0 Å². The fourth-order valence-electron chi connectivity index (χ4n) is 5.83.